The van der Waals surface area contributed by atoms with E-state index in [-0.39, 0.29) is 18.0 Å². The lowest BCUT2D eigenvalue weighted by Gasteiger charge is -2.27. The van der Waals surface area contributed by atoms with Crippen LogP contribution in [0.1, 0.15) is 34.8 Å². The summed E-state index contributed by atoms with van der Waals surface area (Å²) in [6.07, 6.45) is 1.68. The number of carbonyl (C=O) groups excluding carboxylic acids is 2. The number of benzene rings is 3. The minimum Gasteiger partial charge on any atom is -0.397 e. The van der Waals surface area contributed by atoms with Crippen molar-refractivity contribution in [3.63, 3.8) is 0 Å². The predicted octanol–water partition coefficient (Wildman–Crippen LogP) is 4.56. The third-order valence-electron chi connectivity index (χ3n) is 6.80. The number of nitrogen functional groups attached to an aromatic ring is 1. The van der Waals surface area contributed by atoms with Crippen molar-refractivity contribution in [2.45, 2.75) is 18.9 Å². The Morgan fingerprint density at radius 2 is 1.64 bits per heavy atom. The van der Waals surface area contributed by atoms with Crippen LogP contribution in [0.2, 0.25) is 0 Å². The van der Waals surface area contributed by atoms with Crippen LogP contribution in [0.3, 0.4) is 0 Å². The van der Waals surface area contributed by atoms with Crippen molar-refractivity contribution in [3.05, 3.63) is 83.9 Å². The van der Waals surface area contributed by atoms with Gasteiger partial charge in [0.15, 0.2) is 0 Å². The first-order chi connectivity index (χ1) is 18.9. The molecule has 1 heterocycles. The molecule has 3 aromatic rings. The normalized spacial score (nSPS) is 14.3. The molecule has 0 saturated carbocycles. The van der Waals surface area contributed by atoms with Crippen LogP contribution in [0.4, 0.5) is 27.5 Å². The molecule has 3 aromatic carbocycles. The molecule has 9 heteroatoms. The number of hydrogen-bond acceptors (Lipinski definition) is 6. The number of hydrogen-bond donors (Lipinski definition) is 4. The number of urea groups is 1. The van der Waals surface area contributed by atoms with Crippen molar-refractivity contribution in [1.82, 2.24) is 10.2 Å². The molecule has 3 amide bonds. The maximum atomic E-state index is 13.0. The lowest BCUT2D eigenvalue weighted by Crippen LogP contribution is -2.37. The van der Waals surface area contributed by atoms with Crippen molar-refractivity contribution in [2.24, 2.45) is 0 Å². The Bertz CT molecular complexity index is 1220. The highest BCUT2D eigenvalue weighted by molar-refractivity contribution is 6.05. The summed E-state index contributed by atoms with van der Waals surface area (Å²) < 4.78 is 5.45. The number of morpholine rings is 1. The van der Waals surface area contributed by atoms with Crippen molar-refractivity contribution in [3.8, 4) is 0 Å². The van der Waals surface area contributed by atoms with Gasteiger partial charge in [-0.25, -0.2) is 4.79 Å². The van der Waals surface area contributed by atoms with Crippen molar-refractivity contribution in [1.29, 1.82) is 0 Å². The summed E-state index contributed by atoms with van der Waals surface area (Å²) in [6, 6.07) is 21.7. The first kappa shape index (κ1) is 27.9. The second-order valence-electron chi connectivity index (χ2n) is 9.85. The zero-order chi connectivity index (χ0) is 27.6. The summed E-state index contributed by atoms with van der Waals surface area (Å²) in [5, 5.41) is 8.92. The zero-order valence-corrected chi connectivity index (χ0v) is 22.7. The SMILES string of the molecule is CN(C)c1ccc(NC(=O)NC(CCCN2CCOCC2)c2ccc(C(=O)Nc3ccccc3N)cc2)cc1. The minimum atomic E-state index is -0.273. The third-order valence-corrected chi connectivity index (χ3v) is 6.80. The van der Waals surface area contributed by atoms with Crippen molar-refractivity contribution >= 4 is 34.7 Å². The van der Waals surface area contributed by atoms with Crippen LogP contribution >= 0.6 is 0 Å². The number of ether oxygens (including phenoxy) is 1. The molecule has 1 atom stereocenters. The Kier molecular flexibility index (Phi) is 9.77. The van der Waals surface area contributed by atoms with E-state index in [1.807, 2.05) is 67.5 Å². The van der Waals surface area contributed by atoms with Gasteiger partial charge in [-0.15, -0.1) is 0 Å². The maximum Gasteiger partial charge on any atom is 0.319 e. The second-order valence-corrected chi connectivity index (χ2v) is 9.85. The van der Waals surface area contributed by atoms with Crippen LogP contribution in [0.15, 0.2) is 72.8 Å². The Morgan fingerprint density at radius 3 is 2.31 bits per heavy atom. The molecule has 39 heavy (non-hydrogen) atoms. The molecule has 0 aliphatic carbocycles. The molecule has 1 saturated heterocycles. The number of anilines is 4. The number of amides is 3. The van der Waals surface area contributed by atoms with Gasteiger partial charge < -0.3 is 31.3 Å². The lowest BCUT2D eigenvalue weighted by atomic mass is 10.00. The number of nitrogens with two attached hydrogens (primary N) is 1. The Balaban J connectivity index is 1.42. The van der Waals surface area contributed by atoms with Gasteiger partial charge in [0.2, 0.25) is 0 Å². The third kappa shape index (κ3) is 8.20. The molecule has 1 aliphatic rings. The van der Waals surface area contributed by atoms with E-state index in [0.29, 0.717) is 16.9 Å². The van der Waals surface area contributed by atoms with Gasteiger partial charge in [-0.2, -0.15) is 0 Å². The fourth-order valence-corrected chi connectivity index (χ4v) is 4.51. The fraction of sp³-hybridized carbons (Fsp3) is 0.333. The predicted molar refractivity (Wildman–Crippen MR) is 157 cm³/mol. The van der Waals surface area contributed by atoms with Crippen molar-refractivity contribution in [2.75, 3.05) is 68.2 Å². The molecule has 206 valence electrons. The molecule has 5 N–H and O–H groups in total. The van der Waals surface area contributed by atoms with Crippen LogP contribution in [0, 0.1) is 0 Å². The molecule has 9 nitrogen and oxygen atoms in total. The standard InChI is InChI=1S/C30H38N6O3/c1-35(2)25-15-13-24(14-16-25)32-30(38)34-27(8-5-17-36-18-20-39-21-19-36)22-9-11-23(12-10-22)29(37)33-28-7-4-3-6-26(28)31/h3-4,6-7,9-16,27H,5,8,17-21,31H2,1-2H3,(H,33,37)(H2,32,34,38). The van der Waals surface area contributed by atoms with Gasteiger partial charge in [0.25, 0.3) is 5.91 Å². The quantitative estimate of drug-likeness (QED) is 0.286. The molecule has 1 aliphatic heterocycles. The van der Waals surface area contributed by atoms with E-state index in [0.717, 1.165) is 62.6 Å². The number of nitrogens with zero attached hydrogens (tertiary/aromatic N) is 2. The van der Waals surface area contributed by atoms with Gasteiger partial charge in [0, 0.05) is 44.1 Å². The Labute approximate surface area is 230 Å². The number of para-hydroxylation sites is 2. The average molecular weight is 531 g/mol. The lowest BCUT2D eigenvalue weighted by molar-refractivity contribution is 0.0369. The summed E-state index contributed by atoms with van der Waals surface area (Å²) in [4.78, 5) is 30.1. The average Bonchev–Trinajstić information content (AvgIpc) is 2.94. The number of nitrogens with one attached hydrogen (secondary N) is 3. The van der Waals surface area contributed by atoms with Crippen LogP contribution in [-0.4, -0.2) is 63.8 Å². The van der Waals surface area contributed by atoms with Crippen molar-refractivity contribution < 1.29 is 14.3 Å². The van der Waals surface area contributed by atoms with Gasteiger partial charge in [-0.1, -0.05) is 24.3 Å². The minimum absolute atomic E-state index is 0.214. The van der Waals surface area contributed by atoms with Crippen LogP contribution in [0.5, 0.6) is 0 Å². The smallest absolute Gasteiger partial charge is 0.319 e. The number of rotatable bonds is 10. The molecular weight excluding hydrogens is 492 g/mol. The molecule has 1 unspecified atom stereocenters. The van der Waals surface area contributed by atoms with Gasteiger partial charge in [0.1, 0.15) is 0 Å². The summed E-state index contributed by atoms with van der Waals surface area (Å²) in [6.45, 7) is 4.31. The monoisotopic (exact) mass is 530 g/mol. The fourth-order valence-electron chi connectivity index (χ4n) is 4.51. The summed E-state index contributed by atoms with van der Waals surface area (Å²) in [7, 11) is 3.95. The zero-order valence-electron chi connectivity index (χ0n) is 22.7. The van der Waals surface area contributed by atoms with E-state index >= 15 is 0 Å². The summed E-state index contributed by atoms with van der Waals surface area (Å²) in [5.41, 5.74) is 10.3. The number of carbonyl (C=O) groups is 2. The first-order valence-corrected chi connectivity index (χ1v) is 13.3. The van der Waals surface area contributed by atoms with E-state index < -0.39 is 0 Å². The highest BCUT2D eigenvalue weighted by Crippen LogP contribution is 2.23. The Morgan fingerprint density at radius 1 is 0.949 bits per heavy atom. The molecule has 0 aromatic heterocycles. The molecule has 0 radical (unpaired) electrons. The van der Waals surface area contributed by atoms with Gasteiger partial charge in [-0.3, -0.25) is 9.69 Å². The van der Waals surface area contributed by atoms with Gasteiger partial charge in [-0.05, 0) is 73.5 Å². The maximum absolute atomic E-state index is 13.0. The summed E-state index contributed by atoms with van der Waals surface area (Å²) in [5.74, 6) is -0.241. The van der Waals surface area contributed by atoms with E-state index in [1.165, 1.54) is 0 Å². The Hall–Kier alpha value is -4.08. The molecule has 1 fully saturated rings. The molecule has 4 rings (SSSR count). The first-order valence-electron chi connectivity index (χ1n) is 13.3. The van der Waals surface area contributed by atoms with Crippen LogP contribution in [0.25, 0.3) is 0 Å². The van der Waals surface area contributed by atoms with E-state index in [1.54, 1.807) is 24.3 Å². The molecule has 0 spiro atoms. The summed E-state index contributed by atoms with van der Waals surface area (Å²) >= 11 is 0. The molecular formula is C30H38N6O3. The van der Waals surface area contributed by atoms with E-state index in [2.05, 4.69) is 20.9 Å². The highest BCUT2D eigenvalue weighted by Gasteiger charge is 2.18. The van der Waals surface area contributed by atoms with Gasteiger partial charge >= 0.3 is 6.03 Å². The van der Waals surface area contributed by atoms with Crippen LogP contribution < -0.4 is 26.6 Å². The molecule has 0 bridgehead atoms. The van der Waals surface area contributed by atoms with Crippen LogP contribution in [-0.2, 0) is 4.74 Å². The largest absolute Gasteiger partial charge is 0.397 e. The topological polar surface area (TPSA) is 112 Å². The second kappa shape index (κ2) is 13.6. The van der Waals surface area contributed by atoms with Gasteiger partial charge in [0.05, 0.1) is 30.6 Å². The van der Waals surface area contributed by atoms with E-state index in [4.69, 9.17) is 10.5 Å². The van der Waals surface area contributed by atoms with E-state index in [9.17, 15) is 9.59 Å². The highest BCUT2D eigenvalue weighted by atomic mass is 16.5.